The molecular formula is C16H23NO2. The third-order valence-corrected chi connectivity index (χ3v) is 3.20. The van der Waals surface area contributed by atoms with Crippen molar-refractivity contribution in [1.82, 2.24) is 5.32 Å². The number of amides is 1. The van der Waals surface area contributed by atoms with Crippen LogP contribution in [0.1, 0.15) is 45.2 Å². The summed E-state index contributed by atoms with van der Waals surface area (Å²) in [6.45, 7) is 5.99. The molecule has 0 heterocycles. The van der Waals surface area contributed by atoms with Crippen LogP contribution in [0.4, 0.5) is 0 Å². The van der Waals surface area contributed by atoms with Crippen molar-refractivity contribution in [2.24, 2.45) is 5.92 Å². The molecule has 1 fully saturated rings. The van der Waals surface area contributed by atoms with E-state index in [4.69, 9.17) is 4.74 Å². The molecule has 0 spiro atoms. The molecule has 3 heteroatoms. The molecule has 1 aromatic rings. The lowest BCUT2D eigenvalue weighted by molar-refractivity contribution is -0.131. The number of rotatable bonds is 5. The fourth-order valence-electron chi connectivity index (χ4n) is 2.06. The summed E-state index contributed by atoms with van der Waals surface area (Å²) >= 11 is 0. The first-order valence-corrected chi connectivity index (χ1v) is 6.94. The van der Waals surface area contributed by atoms with Crippen molar-refractivity contribution in [2.75, 3.05) is 6.61 Å². The summed E-state index contributed by atoms with van der Waals surface area (Å²) in [7, 11) is 0. The zero-order chi connectivity index (χ0) is 13.9. The van der Waals surface area contributed by atoms with Crippen LogP contribution < -0.4 is 5.32 Å². The summed E-state index contributed by atoms with van der Waals surface area (Å²) in [6.07, 6.45) is 2.39. The standard InChI is InChI=1S/C16H23NO2/c1-16(2,3)19-11-14(18)17-15(13-9-10-13)12-7-5-4-6-8-12/h4-8,13,15H,9-11H2,1-3H3,(H,17,18). The van der Waals surface area contributed by atoms with Crippen molar-refractivity contribution in [1.29, 1.82) is 0 Å². The molecule has 1 aliphatic rings. The molecule has 0 aliphatic heterocycles. The molecule has 0 saturated heterocycles. The van der Waals surface area contributed by atoms with Crippen molar-refractivity contribution in [3.63, 3.8) is 0 Å². The van der Waals surface area contributed by atoms with E-state index in [1.54, 1.807) is 0 Å². The van der Waals surface area contributed by atoms with Crippen molar-refractivity contribution in [3.8, 4) is 0 Å². The Labute approximate surface area is 115 Å². The van der Waals surface area contributed by atoms with Crippen LogP contribution in [0, 0.1) is 5.92 Å². The first-order valence-electron chi connectivity index (χ1n) is 6.94. The van der Waals surface area contributed by atoms with Crippen LogP contribution in [-0.4, -0.2) is 18.1 Å². The van der Waals surface area contributed by atoms with Gasteiger partial charge in [0, 0.05) is 0 Å². The predicted octanol–water partition coefficient (Wildman–Crippen LogP) is 3.07. The van der Waals surface area contributed by atoms with Gasteiger partial charge in [-0.05, 0) is 45.1 Å². The molecule has 2 rings (SSSR count). The van der Waals surface area contributed by atoms with Crippen LogP contribution in [0.5, 0.6) is 0 Å². The topological polar surface area (TPSA) is 38.3 Å². The van der Waals surface area contributed by atoms with Crippen LogP contribution in [0.15, 0.2) is 30.3 Å². The second-order valence-corrected chi connectivity index (χ2v) is 6.19. The van der Waals surface area contributed by atoms with Crippen molar-refractivity contribution in [3.05, 3.63) is 35.9 Å². The summed E-state index contributed by atoms with van der Waals surface area (Å²) in [5, 5.41) is 3.10. The number of hydrogen-bond donors (Lipinski definition) is 1. The Morgan fingerprint density at radius 3 is 2.47 bits per heavy atom. The van der Waals surface area contributed by atoms with Gasteiger partial charge in [0.1, 0.15) is 6.61 Å². The van der Waals surface area contributed by atoms with Crippen LogP contribution in [0.3, 0.4) is 0 Å². The minimum Gasteiger partial charge on any atom is -0.366 e. The van der Waals surface area contributed by atoms with E-state index in [1.807, 2.05) is 39.0 Å². The van der Waals surface area contributed by atoms with Crippen LogP contribution in [0.2, 0.25) is 0 Å². The highest BCUT2D eigenvalue weighted by molar-refractivity contribution is 5.77. The van der Waals surface area contributed by atoms with E-state index in [0.717, 1.165) is 0 Å². The van der Waals surface area contributed by atoms with E-state index in [1.165, 1.54) is 18.4 Å². The van der Waals surface area contributed by atoms with Crippen molar-refractivity contribution < 1.29 is 9.53 Å². The highest BCUT2D eigenvalue weighted by Gasteiger charge is 2.33. The van der Waals surface area contributed by atoms with Gasteiger partial charge in [0.15, 0.2) is 0 Å². The summed E-state index contributed by atoms with van der Waals surface area (Å²) in [5.41, 5.74) is 0.910. The molecule has 3 nitrogen and oxygen atoms in total. The Bertz CT molecular complexity index is 418. The number of ether oxygens (including phenoxy) is 1. The van der Waals surface area contributed by atoms with Gasteiger partial charge in [0.2, 0.25) is 5.91 Å². The maximum absolute atomic E-state index is 12.0. The molecule has 1 saturated carbocycles. The molecule has 1 aromatic carbocycles. The Kier molecular flexibility index (Phi) is 4.25. The summed E-state index contributed by atoms with van der Waals surface area (Å²) in [4.78, 5) is 12.0. The largest absolute Gasteiger partial charge is 0.366 e. The number of carbonyl (C=O) groups excluding carboxylic acids is 1. The molecule has 1 atom stereocenters. The maximum atomic E-state index is 12.0. The molecular weight excluding hydrogens is 238 g/mol. The van der Waals surface area contributed by atoms with E-state index < -0.39 is 0 Å². The Morgan fingerprint density at radius 1 is 1.32 bits per heavy atom. The van der Waals surface area contributed by atoms with E-state index in [2.05, 4.69) is 17.4 Å². The molecule has 0 aromatic heterocycles. The van der Waals surface area contributed by atoms with Gasteiger partial charge in [-0.1, -0.05) is 30.3 Å². The van der Waals surface area contributed by atoms with Gasteiger partial charge in [-0.15, -0.1) is 0 Å². The molecule has 1 N–H and O–H groups in total. The molecule has 1 unspecified atom stereocenters. The highest BCUT2D eigenvalue weighted by Crippen LogP contribution is 2.40. The smallest absolute Gasteiger partial charge is 0.246 e. The third-order valence-electron chi connectivity index (χ3n) is 3.20. The lowest BCUT2D eigenvalue weighted by Crippen LogP contribution is -2.35. The zero-order valence-corrected chi connectivity index (χ0v) is 12.0. The van der Waals surface area contributed by atoms with E-state index in [0.29, 0.717) is 5.92 Å². The van der Waals surface area contributed by atoms with E-state index >= 15 is 0 Å². The van der Waals surface area contributed by atoms with Gasteiger partial charge < -0.3 is 10.1 Å². The second-order valence-electron chi connectivity index (χ2n) is 6.19. The SMILES string of the molecule is CC(C)(C)OCC(=O)NC(c1ccccc1)C1CC1. The monoisotopic (exact) mass is 261 g/mol. The van der Waals surface area contributed by atoms with Gasteiger partial charge in [0.05, 0.1) is 11.6 Å². The van der Waals surface area contributed by atoms with E-state index in [-0.39, 0.29) is 24.2 Å². The van der Waals surface area contributed by atoms with Gasteiger partial charge in [-0.25, -0.2) is 0 Å². The zero-order valence-electron chi connectivity index (χ0n) is 12.0. The molecule has 0 radical (unpaired) electrons. The average molecular weight is 261 g/mol. The van der Waals surface area contributed by atoms with Gasteiger partial charge in [0.25, 0.3) is 0 Å². The average Bonchev–Trinajstić information content (AvgIpc) is 3.18. The fourth-order valence-corrected chi connectivity index (χ4v) is 2.06. The molecule has 1 aliphatic carbocycles. The van der Waals surface area contributed by atoms with Gasteiger partial charge in [-0.3, -0.25) is 4.79 Å². The maximum Gasteiger partial charge on any atom is 0.246 e. The minimum atomic E-state index is -0.279. The summed E-state index contributed by atoms with van der Waals surface area (Å²) in [6, 6.07) is 10.3. The molecule has 19 heavy (non-hydrogen) atoms. The predicted molar refractivity (Wildman–Crippen MR) is 75.8 cm³/mol. The van der Waals surface area contributed by atoms with Crippen LogP contribution in [-0.2, 0) is 9.53 Å². The number of carbonyl (C=O) groups is 1. The Morgan fingerprint density at radius 2 is 1.95 bits per heavy atom. The summed E-state index contributed by atoms with van der Waals surface area (Å²) < 4.78 is 5.52. The van der Waals surface area contributed by atoms with Crippen LogP contribution >= 0.6 is 0 Å². The van der Waals surface area contributed by atoms with Gasteiger partial charge in [-0.2, -0.15) is 0 Å². The summed E-state index contributed by atoms with van der Waals surface area (Å²) in [5.74, 6) is 0.552. The van der Waals surface area contributed by atoms with Crippen LogP contribution in [0.25, 0.3) is 0 Å². The lowest BCUT2D eigenvalue weighted by atomic mass is 10.0. The fraction of sp³-hybridized carbons (Fsp3) is 0.562. The molecule has 104 valence electrons. The first-order chi connectivity index (χ1) is 8.96. The third kappa shape index (κ3) is 4.67. The normalized spacial score (nSPS) is 17.0. The lowest BCUT2D eigenvalue weighted by Gasteiger charge is -2.22. The molecule has 0 bridgehead atoms. The minimum absolute atomic E-state index is 0.0318. The highest BCUT2D eigenvalue weighted by atomic mass is 16.5. The van der Waals surface area contributed by atoms with Gasteiger partial charge >= 0.3 is 0 Å². The number of benzene rings is 1. The Balaban J connectivity index is 1.93. The number of hydrogen-bond acceptors (Lipinski definition) is 2. The first kappa shape index (κ1) is 14.1. The van der Waals surface area contributed by atoms with Crippen molar-refractivity contribution in [2.45, 2.75) is 45.3 Å². The van der Waals surface area contributed by atoms with E-state index in [9.17, 15) is 4.79 Å². The van der Waals surface area contributed by atoms with Crippen molar-refractivity contribution >= 4 is 5.91 Å². The molecule has 1 amide bonds. The Hall–Kier alpha value is -1.35. The second kappa shape index (κ2) is 5.74. The number of nitrogens with one attached hydrogen (secondary N) is 1. The quantitative estimate of drug-likeness (QED) is 0.884.